The Morgan fingerprint density at radius 1 is 1.08 bits per heavy atom. The lowest BCUT2D eigenvalue weighted by molar-refractivity contribution is 0.0600. The zero-order chi connectivity index (χ0) is 17.6. The normalized spacial score (nSPS) is 10.0. The van der Waals surface area contributed by atoms with Crippen molar-refractivity contribution < 1.29 is 9.53 Å². The highest BCUT2D eigenvalue weighted by atomic mass is 16.5. The summed E-state index contributed by atoms with van der Waals surface area (Å²) in [4.78, 5) is 12.1. The van der Waals surface area contributed by atoms with Crippen LogP contribution >= 0.6 is 0 Å². The van der Waals surface area contributed by atoms with E-state index < -0.39 is 5.97 Å². The largest absolute Gasteiger partial charge is 0.465 e. The van der Waals surface area contributed by atoms with Crippen molar-refractivity contribution in [2.45, 2.75) is 6.54 Å². The number of ether oxygens (including phenoxy) is 1. The van der Waals surface area contributed by atoms with Gasteiger partial charge in [-0.25, -0.2) is 4.79 Å². The Bertz CT molecular complexity index is 948. The van der Waals surface area contributed by atoms with Crippen LogP contribution in [0.5, 0.6) is 0 Å². The minimum absolute atomic E-state index is 0.391. The number of esters is 1. The standard InChI is InChI=1S/C21H18N2O2/c1-25-21(24)19-9-5-8-18(20(19)23-12-2-3-13-23)11-10-16-6-4-7-17(14-16)15-22/h2-9,12-14H,15,22H2,1H3. The van der Waals surface area contributed by atoms with Crippen LogP contribution in [0.15, 0.2) is 67.0 Å². The highest BCUT2D eigenvalue weighted by molar-refractivity contribution is 5.94. The Hall–Kier alpha value is -3.29. The highest BCUT2D eigenvalue weighted by Gasteiger charge is 2.15. The van der Waals surface area contributed by atoms with Gasteiger partial charge in [0.1, 0.15) is 0 Å². The number of nitrogens with zero attached hydrogens (tertiary/aromatic N) is 1. The first-order valence-corrected chi connectivity index (χ1v) is 7.88. The van der Waals surface area contributed by atoms with Crippen molar-refractivity contribution in [3.05, 3.63) is 89.2 Å². The number of aromatic nitrogens is 1. The van der Waals surface area contributed by atoms with Crippen molar-refractivity contribution in [2.75, 3.05) is 7.11 Å². The molecule has 3 aromatic rings. The predicted octanol–water partition coefficient (Wildman–Crippen LogP) is 3.12. The fourth-order valence-electron chi connectivity index (χ4n) is 2.60. The van der Waals surface area contributed by atoms with E-state index in [0.717, 1.165) is 16.7 Å². The summed E-state index contributed by atoms with van der Waals surface area (Å²) in [5.74, 6) is 5.93. The molecule has 0 fully saturated rings. The van der Waals surface area contributed by atoms with Gasteiger partial charge in [-0.2, -0.15) is 0 Å². The number of carbonyl (C=O) groups excluding carboxylic acids is 1. The zero-order valence-corrected chi connectivity index (χ0v) is 13.9. The van der Waals surface area contributed by atoms with E-state index in [-0.39, 0.29) is 0 Å². The third-order valence-electron chi connectivity index (χ3n) is 3.81. The molecule has 0 aliphatic rings. The fourth-order valence-corrected chi connectivity index (χ4v) is 2.60. The van der Waals surface area contributed by atoms with Gasteiger partial charge < -0.3 is 15.0 Å². The molecule has 0 amide bonds. The Kier molecular flexibility index (Phi) is 4.98. The minimum Gasteiger partial charge on any atom is -0.465 e. The van der Waals surface area contributed by atoms with Gasteiger partial charge in [0.2, 0.25) is 0 Å². The van der Waals surface area contributed by atoms with Crippen LogP contribution in [-0.4, -0.2) is 17.6 Å². The molecule has 0 saturated carbocycles. The Labute approximate surface area is 146 Å². The van der Waals surface area contributed by atoms with Gasteiger partial charge in [0.05, 0.1) is 18.4 Å². The van der Waals surface area contributed by atoms with Crippen LogP contribution in [0, 0.1) is 11.8 Å². The number of nitrogens with two attached hydrogens (primary N) is 1. The van der Waals surface area contributed by atoms with E-state index in [1.54, 1.807) is 12.1 Å². The van der Waals surface area contributed by atoms with Gasteiger partial charge in [-0.05, 0) is 42.0 Å². The van der Waals surface area contributed by atoms with Crippen molar-refractivity contribution in [1.82, 2.24) is 4.57 Å². The van der Waals surface area contributed by atoms with Crippen molar-refractivity contribution in [3.8, 4) is 17.5 Å². The van der Waals surface area contributed by atoms with Gasteiger partial charge in [0.25, 0.3) is 0 Å². The topological polar surface area (TPSA) is 57.2 Å². The molecule has 124 valence electrons. The van der Waals surface area contributed by atoms with E-state index in [0.29, 0.717) is 17.8 Å². The van der Waals surface area contributed by atoms with Crippen LogP contribution < -0.4 is 5.73 Å². The molecule has 25 heavy (non-hydrogen) atoms. The second-order valence-electron chi connectivity index (χ2n) is 5.44. The van der Waals surface area contributed by atoms with Crippen LogP contribution in [0.3, 0.4) is 0 Å². The maximum absolute atomic E-state index is 12.1. The lowest BCUT2D eigenvalue weighted by Crippen LogP contribution is -2.08. The number of hydrogen-bond donors (Lipinski definition) is 1. The van der Waals surface area contributed by atoms with Crippen LogP contribution in [0.4, 0.5) is 0 Å². The minimum atomic E-state index is -0.391. The van der Waals surface area contributed by atoms with Crippen molar-refractivity contribution in [2.24, 2.45) is 5.73 Å². The summed E-state index contributed by atoms with van der Waals surface area (Å²) in [5, 5.41) is 0. The molecule has 3 rings (SSSR count). The molecule has 2 aromatic carbocycles. The van der Waals surface area contributed by atoms with Crippen LogP contribution in [0.2, 0.25) is 0 Å². The van der Waals surface area contributed by atoms with E-state index in [9.17, 15) is 4.79 Å². The van der Waals surface area contributed by atoms with E-state index in [4.69, 9.17) is 10.5 Å². The molecule has 1 aromatic heterocycles. The monoisotopic (exact) mass is 330 g/mol. The first kappa shape index (κ1) is 16.6. The molecule has 2 N–H and O–H groups in total. The number of benzene rings is 2. The second kappa shape index (κ2) is 7.52. The third kappa shape index (κ3) is 3.63. The summed E-state index contributed by atoms with van der Waals surface area (Å²) in [5.41, 5.74) is 9.52. The Morgan fingerprint density at radius 2 is 1.84 bits per heavy atom. The SMILES string of the molecule is COC(=O)c1cccc(C#Cc2cccc(CN)c2)c1-n1cccc1. The van der Waals surface area contributed by atoms with Crippen LogP contribution in [0.1, 0.15) is 27.0 Å². The van der Waals surface area contributed by atoms with Crippen LogP contribution in [-0.2, 0) is 11.3 Å². The molecule has 4 heteroatoms. The maximum Gasteiger partial charge on any atom is 0.340 e. The first-order chi connectivity index (χ1) is 12.2. The fraction of sp³-hybridized carbons (Fsp3) is 0.0952. The highest BCUT2D eigenvalue weighted by Crippen LogP contribution is 2.21. The van der Waals surface area contributed by atoms with E-state index in [2.05, 4.69) is 11.8 Å². The molecule has 0 aliphatic carbocycles. The molecule has 0 aliphatic heterocycles. The second-order valence-corrected chi connectivity index (χ2v) is 5.44. The zero-order valence-electron chi connectivity index (χ0n) is 13.9. The summed E-state index contributed by atoms with van der Waals surface area (Å²) >= 11 is 0. The van der Waals surface area contributed by atoms with E-state index in [1.165, 1.54) is 7.11 Å². The predicted molar refractivity (Wildman–Crippen MR) is 97.4 cm³/mol. The Morgan fingerprint density at radius 3 is 2.56 bits per heavy atom. The Balaban J connectivity index is 2.11. The molecule has 0 saturated heterocycles. The number of hydrogen-bond acceptors (Lipinski definition) is 3. The lowest BCUT2D eigenvalue weighted by Gasteiger charge is -2.11. The summed E-state index contributed by atoms with van der Waals surface area (Å²) in [6, 6.07) is 17.0. The van der Waals surface area contributed by atoms with Gasteiger partial charge in [-0.3, -0.25) is 0 Å². The van der Waals surface area contributed by atoms with Crippen molar-refractivity contribution in [1.29, 1.82) is 0 Å². The molecule has 0 spiro atoms. The van der Waals surface area contributed by atoms with Gasteiger partial charge in [-0.15, -0.1) is 0 Å². The average molecular weight is 330 g/mol. The summed E-state index contributed by atoms with van der Waals surface area (Å²) < 4.78 is 6.78. The molecule has 4 nitrogen and oxygen atoms in total. The van der Waals surface area contributed by atoms with E-state index >= 15 is 0 Å². The van der Waals surface area contributed by atoms with Crippen LogP contribution in [0.25, 0.3) is 5.69 Å². The number of rotatable bonds is 3. The summed E-state index contributed by atoms with van der Waals surface area (Å²) in [6.07, 6.45) is 3.75. The van der Waals surface area contributed by atoms with Crippen molar-refractivity contribution in [3.63, 3.8) is 0 Å². The molecule has 0 radical (unpaired) electrons. The molecular weight excluding hydrogens is 312 g/mol. The van der Waals surface area contributed by atoms with E-state index in [1.807, 2.05) is 59.4 Å². The molecule has 0 bridgehead atoms. The average Bonchev–Trinajstić information content (AvgIpc) is 3.19. The molecule has 0 atom stereocenters. The van der Waals surface area contributed by atoms with Crippen molar-refractivity contribution >= 4 is 5.97 Å². The summed E-state index contributed by atoms with van der Waals surface area (Å²) in [7, 11) is 1.37. The van der Waals surface area contributed by atoms with Gasteiger partial charge in [-0.1, -0.05) is 30.0 Å². The number of methoxy groups -OCH3 is 1. The molecule has 1 heterocycles. The maximum atomic E-state index is 12.1. The number of carbonyl (C=O) groups is 1. The van der Waals surface area contributed by atoms with Gasteiger partial charge >= 0.3 is 5.97 Å². The van der Waals surface area contributed by atoms with Gasteiger partial charge in [0, 0.05) is 30.1 Å². The molecule has 0 unspecified atom stereocenters. The summed E-state index contributed by atoms with van der Waals surface area (Å²) in [6.45, 7) is 0.474. The lowest BCUT2D eigenvalue weighted by atomic mass is 10.1. The quantitative estimate of drug-likeness (QED) is 0.593. The first-order valence-electron chi connectivity index (χ1n) is 7.88. The smallest absolute Gasteiger partial charge is 0.340 e. The number of para-hydroxylation sites is 1. The van der Waals surface area contributed by atoms with Gasteiger partial charge in [0.15, 0.2) is 0 Å². The molecular formula is C21H18N2O2. The third-order valence-corrected chi connectivity index (χ3v) is 3.81.